The van der Waals surface area contributed by atoms with Crippen LogP contribution in [0.2, 0.25) is 0 Å². The number of rotatable bonds is 26. The number of para-hydroxylation sites is 2. The molecular formula is C43H62O4. The van der Waals surface area contributed by atoms with Crippen molar-refractivity contribution in [3.05, 3.63) is 83.9 Å². The van der Waals surface area contributed by atoms with Gasteiger partial charge in [-0.3, -0.25) is 0 Å². The second-order valence-electron chi connectivity index (χ2n) is 13.1. The standard InChI is InChI=1S/C43H62O4/c1-4-6-8-9-10-11-12-13-14-15-16-17-18-19-20-23-35-45-36(3)37-26-28-38(29-27-37)39-30-32-40(33-31-39)43(44)47-42-25-22-21-24-41(42)46-34-7-5-2/h21-22,24-33,36H,4-20,23,34-35H2,1-3H3. The van der Waals surface area contributed by atoms with Crippen LogP contribution in [0.4, 0.5) is 0 Å². The van der Waals surface area contributed by atoms with Crippen LogP contribution in [0.5, 0.6) is 11.5 Å². The van der Waals surface area contributed by atoms with Gasteiger partial charge >= 0.3 is 5.97 Å². The number of unbranched alkanes of at least 4 members (excludes halogenated alkanes) is 16. The Morgan fingerprint density at radius 1 is 0.532 bits per heavy atom. The first-order valence-electron chi connectivity index (χ1n) is 18.9. The molecule has 4 heteroatoms. The van der Waals surface area contributed by atoms with E-state index in [9.17, 15) is 4.79 Å². The number of carbonyl (C=O) groups is 1. The van der Waals surface area contributed by atoms with Crippen molar-refractivity contribution in [2.24, 2.45) is 0 Å². The van der Waals surface area contributed by atoms with Gasteiger partial charge in [0.1, 0.15) is 0 Å². The van der Waals surface area contributed by atoms with Crippen molar-refractivity contribution >= 4 is 5.97 Å². The van der Waals surface area contributed by atoms with Crippen molar-refractivity contribution in [2.45, 2.75) is 142 Å². The lowest BCUT2D eigenvalue weighted by Crippen LogP contribution is -2.09. The Bertz CT molecular complexity index is 1220. The summed E-state index contributed by atoms with van der Waals surface area (Å²) < 4.78 is 17.6. The third-order valence-corrected chi connectivity index (χ3v) is 9.01. The molecule has 0 fully saturated rings. The summed E-state index contributed by atoms with van der Waals surface area (Å²) in [7, 11) is 0. The third-order valence-electron chi connectivity index (χ3n) is 9.01. The summed E-state index contributed by atoms with van der Waals surface area (Å²) in [4.78, 5) is 12.8. The highest BCUT2D eigenvalue weighted by Crippen LogP contribution is 2.29. The van der Waals surface area contributed by atoms with Crippen molar-refractivity contribution in [1.29, 1.82) is 0 Å². The lowest BCUT2D eigenvalue weighted by molar-refractivity contribution is 0.0627. The molecule has 3 aromatic carbocycles. The summed E-state index contributed by atoms with van der Waals surface area (Å²) in [5, 5.41) is 0. The maximum Gasteiger partial charge on any atom is 0.343 e. The average molecular weight is 643 g/mol. The molecule has 3 aromatic rings. The predicted molar refractivity (Wildman–Crippen MR) is 198 cm³/mol. The zero-order chi connectivity index (χ0) is 33.4. The highest BCUT2D eigenvalue weighted by Gasteiger charge is 2.13. The normalized spacial score (nSPS) is 11.8. The first-order valence-corrected chi connectivity index (χ1v) is 18.9. The molecule has 1 unspecified atom stereocenters. The van der Waals surface area contributed by atoms with E-state index in [0.717, 1.165) is 37.0 Å². The van der Waals surface area contributed by atoms with Gasteiger partial charge in [0.2, 0.25) is 0 Å². The minimum absolute atomic E-state index is 0.0753. The Balaban J connectivity index is 1.27. The van der Waals surface area contributed by atoms with Gasteiger partial charge in [-0.2, -0.15) is 0 Å². The van der Waals surface area contributed by atoms with E-state index in [0.29, 0.717) is 23.7 Å². The van der Waals surface area contributed by atoms with Gasteiger partial charge in [-0.25, -0.2) is 4.79 Å². The maximum absolute atomic E-state index is 12.8. The summed E-state index contributed by atoms with van der Waals surface area (Å²) in [6.45, 7) is 7.95. The van der Waals surface area contributed by atoms with E-state index in [2.05, 4.69) is 45.0 Å². The second kappa shape index (κ2) is 24.1. The molecule has 0 radical (unpaired) electrons. The second-order valence-corrected chi connectivity index (χ2v) is 13.1. The Kier molecular flexibility index (Phi) is 19.7. The molecular weight excluding hydrogens is 580 g/mol. The zero-order valence-corrected chi connectivity index (χ0v) is 29.8. The fraction of sp³-hybridized carbons (Fsp3) is 0.558. The molecule has 0 aliphatic heterocycles. The van der Waals surface area contributed by atoms with E-state index in [4.69, 9.17) is 14.2 Å². The molecule has 47 heavy (non-hydrogen) atoms. The molecule has 0 saturated heterocycles. The van der Waals surface area contributed by atoms with Crippen LogP contribution in [0, 0.1) is 0 Å². The molecule has 0 bridgehead atoms. The largest absolute Gasteiger partial charge is 0.490 e. The average Bonchev–Trinajstić information content (AvgIpc) is 3.10. The molecule has 0 N–H and O–H groups in total. The van der Waals surface area contributed by atoms with Gasteiger partial charge < -0.3 is 14.2 Å². The molecule has 4 nitrogen and oxygen atoms in total. The SMILES string of the molecule is CCCCCCCCCCCCCCCCCCOC(C)c1ccc(-c2ccc(C(=O)Oc3ccccc3OCCCC)cc2)cc1. The molecule has 0 saturated carbocycles. The number of hydrogen-bond donors (Lipinski definition) is 0. The van der Waals surface area contributed by atoms with Crippen LogP contribution in [0.1, 0.15) is 158 Å². The Morgan fingerprint density at radius 2 is 1.00 bits per heavy atom. The first-order chi connectivity index (χ1) is 23.1. The topological polar surface area (TPSA) is 44.8 Å². The maximum atomic E-state index is 12.8. The van der Waals surface area contributed by atoms with E-state index < -0.39 is 5.97 Å². The predicted octanol–water partition coefficient (Wildman–Crippen LogP) is 13.1. The van der Waals surface area contributed by atoms with Gasteiger partial charge in [0, 0.05) is 6.61 Å². The lowest BCUT2D eigenvalue weighted by Gasteiger charge is -2.14. The van der Waals surface area contributed by atoms with Gasteiger partial charge in [0.15, 0.2) is 11.5 Å². The molecule has 3 rings (SSSR count). The number of ether oxygens (including phenoxy) is 3. The van der Waals surface area contributed by atoms with E-state index >= 15 is 0 Å². The Labute approximate surface area is 286 Å². The van der Waals surface area contributed by atoms with Gasteiger partial charge in [-0.1, -0.05) is 165 Å². The molecule has 0 aliphatic carbocycles. The van der Waals surface area contributed by atoms with Gasteiger partial charge in [0.05, 0.1) is 18.3 Å². The fourth-order valence-corrected chi connectivity index (χ4v) is 5.89. The van der Waals surface area contributed by atoms with Crippen molar-refractivity contribution in [2.75, 3.05) is 13.2 Å². The van der Waals surface area contributed by atoms with Crippen LogP contribution in [-0.4, -0.2) is 19.2 Å². The van der Waals surface area contributed by atoms with Crippen molar-refractivity contribution in [3.63, 3.8) is 0 Å². The van der Waals surface area contributed by atoms with Gasteiger partial charge in [-0.15, -0.1) is 0 Å². The van der Waals surface area contributed by atoms with Crippen LogP contribution in [0.15, 0.2) is 72.8 Å². The number of benzene rings is 3. The summed E-state index contributed by atoms with van der Waals surface area (Å²) in [5.74, 6) is 0.641. The molecule has 0 amide bonds. The lowest BCUT2D eigenvalue weighted by atomic mass is 10.0. The molecule has 258 valence electrons. The highest BCUT2D eigenvalue weighted by atomic mass is 16.6. The Hall–Kier alpha value is -3.11. The molecule has 0 aromatic heterocycles. The third kappa shape index (κ3) is 15.6. The smallest absolute Gasteiger partial charge is 0.343 e. The van der Waals surface area contributed by atoms with Crippen LogP contribution in [-0.2, 0) is 4.74 Å². The van der Waals surface area contributed by atoms with E-state index in [-0.39, 0.29) is 6.10 Å². The monoisotopic (exact) mass is 642 g/mol. The minimum Gasteiger partial charge on any atom is -0.490 e. The number of carbonyl (C=O) groups excluding carboxylic acids is 1. The van der Waals surface area contributed by atoms with Crippen LogP contribution in [0.25, 0.3) is 11.1 Å². The van der Waals surface area contributed by atoms with Gasteiger partial charge in [-0.05, 0) is 60.7 Å². The number of hydrogen-bond acceptors (Lipinski definition) is 4. The van der Waals surface area contributed by atoms with Crippen molar-refractivity contribution in [1.82, 2.24) is 0 Å². The van der Waals surface area contributed by atoms with Crippen molar-refractivity contribution in [3.8, 4) is 22.6 Å². The quantitative estimate of drug-likeness (QED) is 0.0496. The first kappa shape index (κ1) is 38.3. The summed E-state index contributed by atoms with van der Waals surface area (Å²) in [6, 6.07) is 23.4. The highest BCUT2D eigenvalue weighted by molar-refractivity contribution is 5.92. The summed E-state index contributed by atoms with van der Waals surface area (Å²) in [6.07, 6.45) is 24.2. The van der Waals surface area contributed by atoms with Crippen molar-refractivity contribution < 1.29 is 19.0 Å². The molecule has 1 atom stereocenters. The molecule has 0 heterocycles. The Morgan fingerprint density at radius 3 is 1.53 bits per heavy atom. The minimum atomic E-state index is -0.395. The van der Waals surface area contributed by atoms with Crippen LogP contribution in [0.3, 0.4) is 0 Å². The molecule has 0 aliphatic rings. The van der Waals surface area contributed by atoms with Gasteiger partial charge in [0.25, 0.3) is 0 Å². The number of esters is 1. The van der Waals surface area contributed by atoms with E-state index in [1.807, 2.05) is 42.5 Å². The zero-order valence-electron chi connectivity index (χ0n) is 29.8. The van der Waals surface area contributed by atoms with E-state index in [1.54, 1.807) is 6.07 Å². The van der Waals surface area contributed by atoms with Crippen LogP contribution < -0.4 is 9.47 Å². The summed E-state index contributed by atoms with van der Waals surface area (Å²) >= 11 is 0. The van der Waals surface area contributed by atoms with Crippen LogP contribution >= 0.6 is 0 Å². The molecule has 0 spiro atoms. The fourth-order valence-electron chi connectivity index (χ4n) is 5.89. The summed E-state index contributed by atoms with van der Waals surface area (Å²) in [5.41, 5.74) is 3.85. The van der Waals surface area contributed by atoms with E-state index in [1.165, 1.54) is 102 Å².